The molecule has 158 valence electrons. The zero-order chi connectivity index (χ0) is 21.3. The Balaban J connectivity index is 2.09. The molecule has 2 atom stereocenters. The third-order valence-corrected chi connectivity index (χ3v) is 6.14. The third kappa shape index (κ3) is 7.16. The number of aryl methyl sites for hydroxylation is 1. The predicted molar refractivity (Wildman–Crippen MR) is 111 cm³/mol. The number of rotatable bonds is 11. The van der Waals surface area contributed by atoms with Crippen molar-refractivity contribution in [2.75, 3.05) is 6.54 Å². The average molecular weight is 421 g/mol. The maximum atomic E-state index is 12.8. The zero-order valence-corrected chi connectivity index (χ0v) is 17.2. The summed E-state index contributed by atoms with van der Waals surface area (Å²) in [5, 5.41) is 21.8. The van der Waals surface area contributed by atoms with Gasteiger partial charge in [0.25, 0.3) is 0 Å². The fourth-order valence-electron chi connectivity index (χ4n) is 3.06. The number of nitrogens with one attached hydrogen (secondary N) is 2. The Bertz CT molecular complexity index is 887. The van der Waals surface area contributed by atoms with Crippen molar-refractivity contribution < 1.29 is 23.4 Å². The lowest BCUT2D eigenvalue weighted by Gasteiger charge is -2.23. The Morgan fingerprint density at radius 3 is 2.38 bits per heavy atom. The van der Waals surface area contributed by atoms with E-state index in [1.165, 1.54) is 6.07 Å². The molecule has 2 aromatic carbocycles. The van der Waals surface area contributed by atoms with E-state index >= 15 is 0 Å². The summed E-state index contributed by atoms with van der Waals surface area (Å²) in [6, 6.07) is 15.0. The Morgan fingerprint density at radius 2 is 1.72 bits per heavy atom. The van der Waals surface area contributed by atoms with E-state index in [-0.39, 0.29) is 17.9 Å². The monoisotopic (exact) mass is 420 g/mol. The minimum Gasteiger partial charge on any atom is -0.465 e. The van der Waals surface area contributed by atoms with Crippen LogP contribution in [0.15, 0.2) is 59.5 Å². The molecule has 0 spiro atoms. The third-order valence-electron chi connectivity index (χ3n) is 4.62. The first-order valence-electron chi connectivity index (χ1n) is 9.62. The Kier molecular flexibility index (Phi) is 8.63. The number of hydrogen-bond acceptors (Lipinski definition) is 4. The number of sulfonamides is 1. The molecule has 0 radical (unpaired) electrons. The number of aliphatic hydroxyl groups is 1. The quantitative estimate of drug-likeness (QED) is 0.446. The molecule has 29 heavy (non-hydrogen) atoms. The second-order valence-corrected chi connectivity index (χ2v) is 8.61. The van der Waals surface area contributed by atoms with E-state index in [1.807, 2.05) is 37.3 Å². The van der Waals surface area contributed by atoms with Gasteiger partial charge >= 0.3 is 6.09 Å². The van der Waals surface area contributed by atoms with Crippen LogP contribution in [0.1, 0.15) is 30.9 Å². The van der Waals surface area contributed by atoms with Crippen LogP contribution in [-0.2, 0) is 22.9 Å². The Labute approximate surface area is 171 Å². The highest BCUT2D eigenvalue weighted by atomic mass is 32.2. The lowest BCUT2D eigenvalue weighted by atomic mass is 10.0. The van der Waals surface area contributed by atoms with Gasteiger partial charge in [0, 0.05) is 6.54 Å². The van der Waals surface area contributed by atoms with E-state index in [9.17, 15) is 18.3 Å². The summed E-state index contributed by atoms with van der Waals surface area (Å²) >= 11 is 0. The Morgan fingerprint density at radius 1 is 1.07 bits per heavy atom. The molecule has 0 saturated carbocycles. The van der Waals surface area contributed by atoms with Gasteiger partial charge in [0.05, 0.1) is 17.0 Å². The van der Waals surface area contributed by atoms with Gasteiger partial charge in [0.15, 0.2) is 0 Å². The van der Waals surface area contributed by atoms with Gasteiger partial charge in [0.2, 0.25) is 10.0 Å². The fraction of sp³-hybridized carbons (Fsp3) is 0.381. The molecule has 2 rings (SSSR count). The van der Waals surface area contributed by atoms with Gasteiger partial charge in [-0.15, -0.1) is 0 Å². The van der Waals surface area contributed by atoms with Gasteiger partial charge in [-0.25, -0.2) is 17.9 Å². The lowest BCUT2D eigenvalue weighted by Crippen LogP contribution is -2.49. The van der Waals surface area contributed by atoms with E-state index in [4.69, 9.17) is 5.11 Å². The van der Waals surface area contributed by atoms with Crippen LogP contribution in [0.2, 0.25) is 0 Å². The number of hydrogen-bond donors (Lipinski definition) is 4. The molecule has 7 nitrogen and oxygen atoms in total. The first-order chi connectivity index (χ1) is 13.8. The normalized spacial score (nSPS) is 13.6. The maximum Gasteiger partial charge on any atom is 0.404 e. The number of amides is 1. The molecule has 2 aromatic rings. The molecular formula is C21H28N2O5S. The molecule has 0 saturated heterocycles. The summed E-state index contributed by atoms with van der Waals surface area (Å²) in [5.41, 5.74) is 1.55. The van der Waals surface area contributed by atoms with Crippen LogP contribution in [0.5, 0.6) is 0 Å². The van der Waals surface area contributed by atoms with Crippen LogP contribution in [0.3, 0.4) is 0 Å². The van der Waals surface area contributed by atoms with E-state index in [2.05, 4.69) is 10.0 Å². The minimum atomic E-state index is -3.84. The molecule has 0 aliphatic rings. The average Bonchev–Trinajstić information content (AvgIpc) is 2.70. The van der Waals surface area contributed by atoms with Crippen LogP contribution >= 0.6 is 0 Å². The summed E-state index contributed by atoms with van der Waals surface area (Å²) in [6.45, 7) is 1.73. The van der Waals surface area contributed by atoms with Crippen LogP contribution in [-0.4, -0.2) is 43.4 Å². The zero-order valence-electron chi connectivity index (χ0n) is 16.4. The molecule has 1 amide bonds. The van der Waals surface area contributed by atoms with E-state index in [1.54, 1.807) is 18.2 Å². The number of carboxylic acid groups (broad SMARTS) is 1. The molecule has 0 unspecified atom stereocenters. The highest BCUT2D eigenvalue weighted by Gasteiger charge is 2.25. The van der Waals surface area contributed by atoms with Gasteiger partial charge in [-0.2, -0.15) is 0 Å². The standard InChI is InChI=1S/C21H28N2O5S/c1-2-3-11-17-12-7-8-13-20(17)29(27,28)22-15-19(24)18(23-21(25)26)14-16-9-5-4-6-10-16/h4-10,12-13,18-19,22-24H,2-3,11,14-15H2,1H3,(H,25,26)/t18-,19+/m0/s1. The van der Waals surface area contributed by atoms with Crippen molar-refractivity contribution in [1.82, 2.24) is 10.0 Å². The molecule has 0 aliphatic heterocycles. The van der Waals surface area contributed by atoms with Crippen molar-refractivity contribution in [3.05, 3.63) is 65.7 Å². The Hall–Kier alpha value is -2.42. The molecule has 4 N–H and O–H groups in total. The van der Waals surface area contributed by atoms with Gasteiger partial charge in [0.1, 0.15) is 0 Å². The van der Waals surface area contributed by atoms with Crippen LogP contribution < -0.4 is 10.0 Å². The topological polar surface area (TPSA) is 116 Å². The van der Waals surface area contributed by atoms with Crippen molar-refractivity contribution in [3.8, 4) is 0 Å². The lowest BCUT2D eigenvalue weighted by molar-refractivity contribution is 0.122. The number of benzene rings is 2. The van der Waals surface area contributed by atoms with Crippen molar-refractivity contribution in [2.24, 2.45) is 0 Å². The molecule has 0 fully saturated rings. The van der Waals surface area contributed by atoms with Gasteiger partial charge in [-0.05, 0) is 36.5 Å². The minimum absolute atomic E-state index is 0.187. The number of aliphatic hydroxyl groups excluding tert-OH is 1. The van der Waals surface area contributed by atoms with Crippen molar-refractivity contribution in [3.63, 3.8) is 0 Å². The largest absolute Gasteiger partial charge is 0.465 e. The summed E-state index contributed by atoms with van der Waals surface area (Å²) < 4.78 is 28.0. The van der Waals surface area contributed by atoms with Crippen LogP contribution in [0, 0.1) is 0 Å². The first kappa shape index (κ1) is 22.9. The van der Waals surface area contributed by atoms with E-state index in [0.29, 0.717) is 6.42 Å². The van der Waals surface area contributed by atoms with Gasteiger partial charge in [-0.3, -0.25) is 0 Å². The van der Waals surface area contributed by atoms with Gasteiger partial charge < -0.3 is 15.5 Å². The highest BCUT2D eigenvalue weighted by Crippen LogP contribution is 2.18. The van der Waals surface area contributed by atoms with E-state index in [0.717, 1.165) is 24.0 Å². The number of carbonyl (C=O) groups is 1. The summed E-state index contributed by atoms with van der Waals surface area (Å²) in [7, 11) is -3.84. The second kappa shape index (κ2) is 10.9. The summed E-state index contributed by atoms with van der Waals surface area (Å²) in [4.78, 5) is 11.3. The summed E-state index contributed by atoms with van der Waals surface area (Å²) in [5.74, 6) is 0. The van der Waals surface area contributed by atoms with Crippen LogP contribution in [0.4, 0.5) is 4.79 Å². The van der Waals surface area contributed by atoms with Crippen molar-refractivity contribution in [2.45, 2.75) is 49.6 Å². The smallest absolute Gasteiger partial charge is 0.404 e. The first-order valence-corrected chi connectivity index (χ1v) is 11.1. The maximum absolute atomic E-state index is 12.8. The van der Waals surface area contributed by atoms with Crippen LogP contribution in [0.25, 0.3) is 0 Å². The molecular weight excluding hydrogens is 392 g/mol. The van der Waals surface area contributed by atoms with Crippen molar-refractivity contribution >= 4 is 16.1 Å². The molecule has 0 aromatic heterocycles. The molecule has 8 heteroatoms. The number of unbranched alkanes of at least 4 members (excludes halogenated alkanes) is 1. The predicted octanol–water partition coefficient (Wildman–Crippen LogP) is 2.55. The van der Waals surface area contributed by atoms with Crippen molar-refractivity contribution in [1.29, 1.82) is 0 Å². The summed E-state index contributed by atoms with van der Waals surface area (Å²) in [6.07, 6.45) is 0.192. The molecule has 0 heterocycles. The molecule has 0 bridgehead atoms. The highest BCUT2D eigenvalue weighted by molar-refractivity contribution is 7.89. The van der Waals surface area contributed by atoms with Gasteiger partial charge in [-0.1, -0.05) is 61.9 Å². The SMILES string of the molecule is CCCCc1ccccc1S(=O)(=O)NC[C@@H](O)[C@H](Cc1ccccc1)NC(=O)O. The fourth-order valence-corrected chi connectivity index (χ4v) is 4.38. The second-order valence-electron chi connectivity index (χ2n) is 6.88. The molecule has 0 aliphatic carbocycles. The van der Waals surface area contributed by atoms with E-state index < -0.39 is 28.3 Å².